The second-order valence-electron chi connectivity index (χ2n) is 8.25. The number of hydrazine groups is 1. The molecule has 182 valence electrons. The van der Waals surface area contributed by atoms with Gasteiger partial charge >= 0.3 is 12.4 Å². The van der Waals surface area contributed by atoms with Gasteiger partial charge in [0.2, 0.25) is 0 Å². The van der Waals surface area contributed by atoms with Crippen LogP contribution in [0.2, 0.25) is 0 Å². The molecule has 4 amide bonds. The number of nitrogens with zero attached hydrogens (tertiary/aromatic N) is 2. The monoisotopic (exact) mass is 478 g/mol. The molecule has 1 saturated heterocycles. The van der Waals surface area contributed by atoms with Crippen LogP contribution >= 0.6 is 0 Å². The van der Waals surface area contributed by atoms with Crippen LogP contribution in [0.5, 0.6) is 5.75 Å². The van der Waals surface area contributed by atoms with Crippen LogP contribution in [0.3, 0.4) is 0 Å². The van der Waals surface area contributed by atoms with Gasteiger partial charge in [-0.05, 0) is 38.4 Å². The smallest absolute Gasteiger partial charge is 0.405 e. The van der Waals surface area contributed by atoms with Crippen LogP contribution in [0.25, 0.3) is 0 Å². The van der Waals surface area contributed by atoms with Gasteiger partial charge in [-0.25, -0.2) is 4.79 Å². The number of halogens is 3. The molecule has 0 aliphatic carbocycles. The van der Waals surface area contributed by atoms with Crippen molar-refractivity contribution >= 4 is 17.8 Å². The minimum Gasteiger partial charge on any atom is -0.405 e. The molecule has 34 heavy (non-hydrogen) atoms. The highest BCUT2D eigenvalue weighted by atomic mass is 19.4. The first-order valence-electron chi connectivity index (χ1n) is 10.5. The average molecular weight is 478 g/mol. The van der Waals surface area contributed by atoms with Gasteiger partial charge in [0.1, 0.15) is 11.3 Å². The molecule has 1 fully saturated rings. The largest absolute Gasteiger partial charge is 0.573 e. The zero-order chi connectivity index (χ0) is 24.9. The Morgan fingerprint density at radius 1 is 1.12 bits per heavy atom. The fraction of sp³-hybridized carbons (Fsp3) is 0.348. The lowest BCUT2D eigenvalue weighted by Gasteiger charge is -2.22. The molecule has 0 aromatic heterocycles. The van der Waals surface area contributed by atoms with Crippen LogP contribution in [-0.2, 0) is 22.6 Å². The standard InChI is InChI=1S/C23H25F3N4O4/c1-22(13-12-16-8-4-3-5-9-16)20(32)30(21(33)27-22)28-19(31)15-29(2)14-17-10-6-7-11-18(17)34-23(24,25)26/h3-11H,12-15H2,1-2H3,(H,27,33)(H,28,31). The van der Waals surface area contributed by atoms with Gasteiger partial charge in [0, 0.05) is 12.1 Å². The lowest BCUT2D eigenvalue weighted by atomic mass is 9.93. The molecule has 0 saturated carbocycles. The summed E-state index contributed by atoms with van der Waals surface area (Å²) in [5, 5.41) is 3.25. The van der Waals surface area contributed by atoms with E-state index in [0.29, 0.717) is 17.9 Å². The minimum absolute atomic E-state index is 0.0331. The number of ether oxygens (including phenoxy) is 1. The van der Waals surface area contributed by atoms with E-state index in [1.807, 2.05) is 30.3 Å². The van der Waals surface area contributed by atoms with Gasteiger partial charge in [-0.2, -0.15) is 5.01 Å². The first-order valence-corrected chi connectivity index (χ1v) is 10.5. The van der Waals surface area contributed by atoms with Gasteiger partial charge in [0.25, 0.3) is 11.8 Å². The van der Waals surface area contributed by atoms with Crippen LogP contribution in [0.15, 0.2) is 54.6 Å². The Bertz CT molecular complexity index is 1050. The number of alkyl halides is 3. The van der Waals surface area contributed by atoms with Crippen LogP contribution < -0.4 is 15.5 Å². The Kier molecular flexibility index (Phi) is 7.45. The zero-order valence-electron chi connectivity index (χ0n) is 18.7. The number of carbonyl (C=O) groups is 3. The van der Waals surface area contributed by atoms with Gasteiger partial charge in [0.05, 0.1) is 6.54 Å². The van der Waals surface area contributed by atoms with Crippen molar-refractivity contribution in [1.82, 2.24) is 20.7 Å². The predicted molar refractivity (Wildman–Crippen MR) is 116 cm³/mol. The van der Waals surface area contributed by atoms with E-state index >= 15 is 0 Å². The van der Waals surface area contributed by atoms with E-state index in [-0.39, 0.29) is 24.4 Å². The fourth-order valence-corrected chi connectivity index (χ4v) is 3.60. The predicted octanol–water partition coefficient (Wildman–Crippen LogP) is 2.99. The molecule has 11 heteroatoms. The summed E-state index contributed by atoms with van der Waals surface area (Å²) in [6.07, 6.45) is -3.96. The van der Waals surface area contributed by atoms with Gasteiger partial charge in [0.15, 0.2) is 0 Å². The second-order valence-corrected chi connectivity index (χ2v) is 8.25. The highest BCUT2D eigenvalue weighted by Gasteiger charge is 2.48. The number of nitrogens with one attached hydrogen (secondary N) is 2. The van der Waals surface area contributed by atoms with Crippen molar-refractivity contribution < 1.29 is 32.3 Å². The molecular formula is C23H25F3N4O4. The van der Waals surface area contributed by atoms with Crippen LogP contribution in [-0.4, -0.2) is 53.2 Å². The maximum atomic E-state index is 12.8. The fourth-order valence-electron chi connectivity index (χ4n) is 3.60. The van der Waals surface area contributed by atoms with E-state index in [1.165, 1.54) is 30.1 Å². The summed E-state index contributed by atoms with van der Waals surface area (Å²) in [5.74, 6) is -1.63. The van der Waals surface area contributed by atoms with Crippen LogP contribution in [0.4, 0.5) is 18.0 Å². The zero-order valence-corrected chi connectivity index (χ0v) is 18.7. The maximum Gasteiger partial charge on any atom is 0.573 e. The van der Waals surface area contributed by atoms with E-state index < -0.39 is 29.7 Å². The van der Waals surface area contributed by atoms with Gasteiger partial charge in [-0.3, -0.25) is 19.9 Å². The molecule has 1 aliphatic rings. The third-order valence-corrected chi connectivity index (χ3v) is 5.31. The molecule has 2 aromatic carbocycles. The summed E-state index contributed by atoms with van der Waals surface area (Å²) in [6.45, 7) is 1.28. The van der Waals surface area contributed by atoms with Gasteiger partial charge < -0.3 is 10.1 Å². The number of carbonyl (C=O) groups excluding carboxylic acids is 3. The maximum absolute atomic E-state index is 12.8. The molecule has 1 atom stereocenters. The summed E-state index contributed by atoms with van der Waals surface area (Å²) in [5.41, 5.74) is 2.33. The Balaban J connectivity index is 1.56. The van der Waals surface area contributed by atoms with Crippen LogP contribution in [0.1, 0.15) is 24.5 Å². The number of hydrogen-bond acceptors (Lipinski definition) is 5. The molecule has 8 nitrogen and oxygen atoms in total. The van der Waals surface area contributed by atoms with Crippen molar-refractivity contribution in [2.75, 3.05) is 13.6 Å². The SMILES string of the molecule is CN(CC(=O)NN1C(=O)NC(C)(CCc2ccccc2)C1=O)Cc1ccccc1OC(F)(F)F. The minimum atomic E-state index is -4.84. The number of benzene rings is 2. The molecule has 1 aliphatic heterocycles. The van der Waals surface area contributed by atoms with Crippen molar-refractivity contribution in [1.29, 1.82) is 0 Å². The Morgan fingerprint density at radius 2 is 1.76 bits per heavy atom. The quantitative estimate of drug-likeness (QED) is 0.541. The van der Waals surface area contributed by atoms with Crippen molar-refractivity contribution in [3.63, 3.8) is 0 Å². The Labute approximate surface area is 194 Å². The number of amides is 4. The number of likely N-dealkylation sites (N-methyl/N-ethyl adjacent to an activating group) is 1. The summed E-state index contributed by atoms with van der Waals surface area (Å²) in [4.78, 5) is 39.1. The summed E-state index contributed by atoms with van der Waals surface area (Å²) < 4.78 is 41.8. The van der Waals surface area contributed by atoms with E-state index in [0.717, 1.165) is 5.56 Å². The third kappa shape index (κ3) is 6.47. The first kappa shape index (κ1) is 25.0. The number of imide groups is 1. The molecule has 3 rings (SSSR count). The highest BCUT2D eigenvalue weighted by Crippen LogP contribution is 2.27. The van der Waals surface area contributed by atoms with E-state index in [4.69, 9.17) is 0 Å². The first-order chi connectivity index (χ1) is 16.0. The number of hydrogen-bond donors (Lipinski definition) is 2. The lowest BCUT2D eigenvalue weighted by Crippen LogP contribution is -2.51. The molecule has 0 spiro atoms. The molecule has 1 unspecified atom stereocenters. The number of rotatable bonds is 9. The average Bonchev–Trinajstić information content (AvgIpc) is 2.96. The van der Waals surface area contributed by atoms with E-state index in [9.17, 15) is 27.6 Å². The molecular weight excluding hydrogens is 453 g/mol. The molecule has 0 radical (unpaired) electrons. The Hall–Kier alpha value is -3.60. The second kappa shape index (κ2) is 10.1. The number of para-hydroxylation sites is 1. The molecule has 1 heterocycles. The molecule has 0 bridgehead atoms. The van der Waals surface area contributed by atoms with Crippen molar-refractivity contribution in [2.45, 2.75) is 38.2 Å². The third-order valence-electron chi connectivity index (χ3n) is 5.31. The van der Waals surface area contributed by atoms with Crippen molar-refractivity contribution in [3.05, 3.63) is 65.7 Å². The van der Waals surface area contributed by atoms with Crippen molar-refractivity contribution in [2.24, 2.45) is 0 Å². The normalized spacial score (nSPS) is 18.2. The molecule has 2 N–H and O–H groups in total. The Morgan fingerprint density at radius 3 is 2.44 bits per heavy atom. The van der Waals surface area contributed by atoms with Crippen molar-refractivity contribution in [3.8, 4) is 5.75 Å². The van der Waals surface area contributed by atoms with Gasteiger partial charge in [-0.15, -0.1) is 13.2 Å². The summed E-state index contributed by atoms with van der Waals surface area (Å²) >= 11 is 0. The molecule has 2 aromatic rings. The van der Waals surface area contributed by atoms with E-state index in [2.05, 4.69) is 15.5 Å². The summed E-state index contributed by atoms with van der Waals surface area (Å²) in [7, 11) is 1.51. The summed E-state index contributed by atoms with van der Waals surface area (Å²) in [6, 6.07) is 14.3. The van der Waals surface area contributed by atoms with Crippen LogP contribution in [0, 0.1) is 0 Å². The van der Waals surface area contributed by atoms with Gasteiger partial charge in [-0.1, -0.05) is 48.5 Å². The highest BCUT2D eigenvalue weighted by molar-refractivity contribution is 6.07. The lowest BCUT2D eigenvalue weighted by molar-refractivity contribution is -0.275. The topological polar surface area (TPSA) is 91.0 Å². The number of aryl methyl sites for hydroxylation is 1. The number of urea groups is 1. The van der Waals surface area contributed by atoms with E-state index in [1.54, 1.807) is 13.0 Å².